The Morgan fingerprint density at radius 2 is 1.47 bits per heavy atom. The fourth-order valence-corrected chi connectivity index (χ4v) is 1.13. The Hall–Kier alpha value is -1.32. The maximum absolute atomic E-state index is 11.2. The average Bonchev–Trinajstić information content (AvgIpc) is 2.31. The first-order valence-corrected chi connectivity index (χ1v) is 6.08. The highest BCUT2D eigenvalue weighted by Crippen LogP contribution is 2.09. The van der Waals surface area contributed by atoms with Crippen LogP contribution in [0, 0.1) is 0 Å². The highest BCUT2D eigenvalue weighted by atomic mass is 16.5. The minimum atomic E-state index is -0.279. The molecule has 0 bridgehead atoms. The normalized spacial score (nSPS) is 9.76. The van der Waals surface area contributed by atoms with Crippen LogP contribution in [0.25, 0.3) is 0 Å². The second kappa shape index (κ2) is 9.87. The van der Waals surface area contributed by atoms with Gasteiger partial charge < -0.3 is 9.47 Å². The van der Waals surface area contributed by atoms with Gasteiger partial charge >= 0.3 is 11.9 Å². The molecule has 0 aromatic carbocycles. The Labute approximate surface area is 103 Å². The molecule has 0 rings (SSSR count). The van der Waals surface area contributed by atoms with Crippen molar-refractivity contribution in [1.29, 1.82) is 0 Å². The Kier molecular flexibility index (Phi) is 9.11. The zero-order valence-corrected chi connectivity index (χ0v) is 10.8. The summed E-state index contributed by atoms with van der Waals surface area (Å²) in [5.41, 5.74) is 0.708. The van der Waals surface area contributed by atoms with E-state index in [1.54, 1.807) is 0 Å². The molecule has 0 spiro atoms. The Bertz CT molecular complexity index is 258. The van der Waals surface area contributed by atoms with Crippen molar-refractivity contribution in [3.63, 3.8) is 0 Å². The zero-order valence-electron chi connectivity index (χ0n) is 10.8. The largest absolute Gasteiger partial charge is 0.466 e. The van der Waals surface area contributed by atoms with Gasteiger partial charge in [-0.25, -0.2) is 0 Å². The lowest BCUT2D eigenvalue weighted by molar-refractivity contribution is -0.145. The third kappa shape index (κ3) is 9.60. The number of esters is 2. The molecule has 0 unspecified atom stereocenters. The van der Waals surface area contributed by atoms with Crippen LogP contribution in [0.4, 0.5) is 0 Å². The number of carbonyl (C=O) groups excluding carboxylic acids is 2. The van der Waals surface area contributed by atoms with Crippen molar-refractivity contribution in [2.24, 2.45) is 0 Å². The van der Waals surface area contributed by atoms with Crippen LogP contribution in [0.5, 0.6) is 0 Å². The third-order valence-electron chi connectivity index (χ3n) is 2.01. The minimum absolute atomic E-state index is 0.182. The molecule has 0 saturated heterocycles. The fourth-order valence-electron chi connectivity index (χ4n) is 1.13. The first-order valence-electron chi connectivity index (χ1n) is 6.08. The quantitative estimate of drug-likeness (QED) is 0.460. The molecule has 0 heterocycles. The SMILES string of the molecule is C=C(CCC(=O)OCCC)CC(=O)OCCC. The smallest absolute Gasteiger partial charge is 0.309 e. The molecule has 0 aliphatic rings. The molecule has 17 heavy (non-hydrogen) atoms. The van der Waals surface area contributed by atoms with Gasteiger partial charge in [-0.15, -0.1) is 0 Å². The molecule has 0 N–H and O–H groups in total. The predicted molar refractivity (Wildman–Crippen MR) is 65.5 cm³/mol. The van der Waals surface area contributed by atoms with Crippen LogP contribution in [0.15, 0.2) is 12.2 Å². The summed E-state index contributed by atoms with van der Waals surface area (Å²) in [5, 5.41) is 0. The molecule has 98 valence electrons. The van der Waals surface area contributed by atoms with E-state index >= 15 is 0 Å². The summed E-state index contributed by atoms with van der Waals surface area (Å²) in [6, 6.07) is 0. The summed E-state index contributed by atoms with van der Waals surface area (Å²) in [4.78, 5) is 22.4. The van der Waals surface area contributed by atoms with Gasteiger partial charge in [0.05, 0.1) is 19.6 Å². The van der Waals surface area contributed by atoms with Crippen LogP contribution in [0.1, 0.15) is 46.0 Å². The van der Waals surface area contributed by atoms with Crippen LogP contribution in [-0.2, 0) is 19.1 Å². The fraction of sp³-hybridized carbons (Fsp3) is 0.692. The maximum atomic E-state index is 11.2. The van der Waals surface area contributed by atoms with Crippen molar-refractivity contribution < 1.29 is 19.1 Å². The number of hydrogen-bond acceptors (Lipinski definition) is 4. The molecule has 0 atom stereocenters. The summed E-state index contributed by atoms with van der Waals surface area (Å²) in [5.74, 6) is -0.520. The Morgan fingerprint density at radius 1 is 0.941 bits per heavy atom. The number of ether oxygens (including phenoxy) is 2. The predicted octanol–water partition coefficient (Wildman–Crippen LogP) is 2.62. The topological polar surface area (TPSA) is 52.6 Å². The van der Waals surface area contributed by atoms with Gasteiger partial charge in [-0.05, 0) is 19.3 Å². The van der Waals surface area contributed by atoms with Crippen molar-refractivity contribution in [3.05, 3.63) is 12.2 Å². The highest BCUT2D eigenvalue weighted by molar-refractivity contribution is 5.73. The van der Waals surface area contributed by atoms with Crippen molar-refractivity contribution >= 4 is 11.9 Å². The van der Waals surface area contributed by atoms with Gasteiger partial charge in [0.2, 0.25) is 0 Å². The number of rotatable bonds is 9. The van der Waals surface area contributed by atoms with E-state index in [4.69, 9.17) is 9.47 Å². The molecule has 0 aromatic rings. The molecule has 0 amide bonds. The summed E-state index contributed by atoms with van der Waals surface area (Å²) in [7, 11) is 0. The van der Waals surface area contributed by atoms with Gasteiger partial charge in [-0.3, -0.25) is 9.59 Å². The van der Waals surface area contributed by atoms with E-state index in [2.05, 4.69) is 6.58 Å². The summed E-state index contributed by atoms with van der Waals surface area (Å²) in [6.45, 7) is 8.51. The monoisotopic (exact) mass is 242 g/mol. The van der Waals surface area contributed by atoms with Crippen LogP contribution >= 0.6 is 0 Å². The minimum Gasteiger partial charge on any atom is -0.466 e. The maximum Gasteiger partial charge on any atom is 0.309 e. The van der Waals surface area contributed by atoms with Crippen LogP contribution in [0.3, 0.4) is 0 Å². The van der Waals surface area contributed by atoms with Gasteiger partial charge in [-0.1, -0.05) is 26.0 Å². The summed E-state index contributed by atoms with van der Waals surface area (Å²) < 4.78 is 9.83. The molecule has 0 radical (unpaired) electrons. The lowest BCUT2D eigenvalue weighted by Crippen LogP contribution is -2.08. The van der Waals surface area contributed by atoms with Crippen molar-refractivity contribution in [2.45, 2.75) is 46.0 Å². The lowest BCUT2D eigenvalue weighted by atomic mass is 10.1. The molecular weight excluding hydrogens is 220 g/mol. The standard InChI is InChI=1S/C13H22O4/c1-4-8-16-12(14)7-6-11(3)10-13(15)17-9-5-2/h3-10H2,1-2H3. The van der Waals surface area contributed by atoms with E-state index < -0.39 is 0 Å². The lowest BCUT2D eigenvalue weighted by Gasteiger charge is -2.06. The molecule has 0 aliphatic carbocycles. The van der Waals surface area contributed by atoms with E-state index in [-0.39, 0.29) is 24.8 Å². The van der Waals surface area contributed by atoms with Gasteiger partial charge in [0.15, 0.2) is 0 Å². The van der Waals surface area contributed by atoms with E-state index in [0.717, 1.165) is 12.8 Å². The molecule has 0 aromatic heterocycles. The molecule has 0 fully saturated rings. The molecule has 0 aliphatic heterocycles. The van der Waals surface area contributed by atoms with Gasteiger partial charge in [0.25, 0.3) is 0 Å². The number of carbonyl (C=O) groups is 2. The second-order valence-electron chi connectivity index (χ2n) is 3.87. The highest BCUT2D eigenvalue weighted by Gasteiger charge is 2.08. The Morgan fingerprint density at radius 3 is 2.00 bits per heavy atom. The second-order valence-corrected chi connectivity index (χ2v) is 3.87. The molecule has 0 saturated carbocycles. The van der Waals surface area contributed by atoms with Gasteiger partial charge in [0, 0.05) is 6.42 Å². The first kappa shape index (κ1) is 15.7. The van der Waals surface area contributed by atoms with Crippen LogP contribution in [0.2, 0.25) is 0 Å². The molecule has 4 heteroatoms. The zero-order chi connectivity index (χ0) is 13.1. The number of hydrogen-bond donors (Lipinski definition) is 0. The summed E-state index contributed by atoms with van der Waals surface area (Å²) >= 11 is 0. The van der Waals surface area contributed by atoms with Gasteiger partial charge in [0.1, 0.15) is 0 Å². The van der Waals surface area contributed by atoms with E-state index in [1.165, 1.54) is 0 Å². The first-order chi connectivity index (χ1) is 8.10. The third-order valence-corrected chi connectivity index (χ3v) is 2.01. The Balaban J connectivity index is 3.65. The van der Waals surface area contributed by atoms with E-state index in [1.807, 2.05) is 13.8 Å². The van der Waals surface area contributed by atoms with Crippen LogP contribution in [-0.4, -0.2) is 25.2 Å². The van der Waals surface area contributed by atoms with Crippen molar-refractivity contribution in [2.75, 3.05) is 13.2 Å². The van der Waals surface area contributed by atoms with Gasteiger partial charge in [-0.2, -0.15) is 0 Å². The van der Waals surface area contributed by atoms with Crippen LogP contribution < -0.4 is 0 Å². The van der Waals surface area contributed by atoms with E-state index in [0.29, 0.717) is 25.2 Å². The molecular formula is C13H22O4. The molecule has 4 nitrogen and oxygen atoms in total. The van der Waals surface area contributed by atoms with E-state index in [9.17, 15) is 9.59 Å². The summed E-state index contributed by atoms with van der Waals surface area (Å²) in [6.07, 6.45) is 2.56. The van der Waals surface area contributed by atoms with Crippen molar-refractivity contribution in [1.82, 2.24) is 0 Å². The van der Waals surface area contributed by atoms with Crippen molar-refractivity contribution in [3.8, 4) is 0 Å². The average molecular weight is 242 g/mol.